The molecule has 102 valence electrons. The van der Waals surface area contributed by atoms with Crippen LogP contribution in [0.5, 0.6) is 0 Å². The van der Waals surface area contributed by atoms with Crippen LogP contribution in [0, 0.1) is 0 Å². The monoisotopic (exact) mass is 264 g/mol. The average Bonchev–Trinajstić information content (AvgIpc) is 2.36. The summed E-state index contributed by atoms with van der Waals surface area (Å²) < 4.78 is 0. The lowest BCUT2D eigenvalue weighted by Gasteiger charge is -2.11. The third-order valence-corrected chi connectivity index (χ3v) is 2.52. The van der Waals surface area contributed by atoms with E-state index in [0.29, 0.717) is 11.3 Å². The zero-order valence-electron chi connectivity index (χ0n) is 10.8. The lowest BCUT2D eigenvalue weighted by molar-refractivity contribution is -0.139. The van der Waals surface area contributed by atoms with E-state index in [4.69, 9.17) is 5.11 Å². The maximum atomic E-state index is 11.6. The van der Waals surface area contributed by atoms with Crippen molar-refractivity contribution in [2.75, 3.05) is 11.9 Å². The van der Waals surface area contributed by atoms with Gasteiger partial charge in [0.25, 0.3) is 0 Å². The van der Waals surface area contributed by atoms with Gasteiger partial charge in [-0.25, -0.2) is 0 Å². The number of ketones is 1. The number of rotatable bonds is 6. The Kier molecular flexibility index (Phi) is 5.20. The van der Waals surface area contributed by atoms with E-state index in [2.05, 4.69) is 10.6 Å². The molecule has 0 aliphatic heterocycles. The van der Waals surface area contributed by atoms with Crippen molar-refractivity contribution in [2.24, 2.45) is 0 Å². The summed E-state index contributed by atoms with van der Waals surface area (Å²) in [5.41, 5.74) is 0.840. The molecule has 3 N–H and O–H groups in total. The van der Waals surface area contributed by atoms with Crippen LogP contribution in [0.1, 0.15) is 24.2 Å². The molecule has 0 fully saturated rings. The van der Waals surface area contributed by atoms with Crippen molar-refractivity contribution in [3.63, 3.8) is 0 Å². The Hall–Kier alpha value is -2.21. The molecule has 6 heteroatoms. The highest BCUT2D eigenvalue weighted by atomic mass is 16.4. The number of carbonyl (C=O) groups excluding carboxylic acids is 2. The molecule has 0 aliphatic rings. The van der Waals surface area contributed by atoms with Gasteiger partial charge in [0.05, 0.1) is 12.2 Å². The van der Waals surface area contributed by atoms with E-state index < -0.39 is 17.9 Å². The fraction of sp³-hybridized carbons (Fsp3) is 0.308. The smallest absolute Gasteiger partial charge is 0.320 e. The van der Waals surface area contributed by atoms with Crippen LogP contribution >= 0.6 is 0 Å². The molecule has 1 unspecified atom stereocenters. The number of para-hydroxylation sites is 1. The van der Waals surface area contributed by atoms with Crippen molar-refractivity contribution < 1.29 is 19.5 Å². The number of anilines is 1. The van der Waals surface area contributed by atoms with Crippen LogP contribution in [0.3, 0.4) is 0 Å². The minimum atomic E-state index is -1.03. The molecule has 0 bridgehead atoms. The van der Waals surface area contributed by atoms with E-state index in [1.807, 2.05) is 0 Å². The zero-order valence-corrected chi connectivity index (χ0v) is 10.8. The van der Waals surface area contributed by atoms with Gasteiger partial charge in [0.2, 0.25) is 5.91 Å². The van der Waals surface area contributed by atoms with Gasteiger partial charge in [0.1, 0.15) is 6.04 Å². The van der Waals surface area contributed by atoms with Crippen molar-refractivity contribution in [2.45, 2.75) is 19.9 Å². The first kappa shape index (κ1) is 14.8. The number of nitrogens with one attached hydrogen (secondary N) is 2. The predicted octanol–water partition coefficient (Wildman–Crippen LogP) is 0.890. The van der Waals surface area contributed by atoms with E-state index in [9.17, 15) is 14.4 Å². The van der Waals surface area contributed by atoms with Gasteiger partial charge in [0, 0.05) is 5.56 Å². The van der Waals surface area contributed by atoms with Crippen LogP contribution in [0.2, 0.25) is 0 Å². The first-order valence-corrected chi connectivity index (χ1v) is 5.78. The second kappa shape index (κ2) is 6.65. The highest BCUT2D eigenvalue weighted by molar-refractivity contribution is 6.04. The Bertz CT molecular complexity index is 499. The number of carbonyl (C=O) groups is 3. The maximum absolute atomic E-state index is 11.6. The molecular weight excluding hydrogens is 248 g/mol. The molecule has 0 aliphatic carbocycles. The highest BCUT2D eigenvalue weighted by Crippen LogP contribution is 2.15. The zero-order chi connectivity index (χ0) is 14.4. The summed E-state index contributed by atoms with van der Waals surface area (Å²) >= 11 is 0. The van der Waals surface area contributed by atoms with Gasteiger partial charge in [-0.05, 0) is 26.0 Å². The fourth-order valence-corrected chi connectivity index (χ4v) is 1.43. The number of benzene rings is 1. The van der Waals surface area contributed by atoms with Crippen molar-refractivity contribution in [3.8, 4) is 0 Å². The van der Waals surface area contributed by atoms with Gasteiger partial charge >= 0.3 is 5.97 Å². The van der Waals surface area contributed by atoms with Crippen molar-refractivity contribution in [1.29, 1.82) is 0 Å². The van der Waals surface area contributed by atoms with Gasteiger partial charge in [-0.15, -0.1) is 0 Å². The molecule has 0 aromatic heterocycles. The molecular formula is C13H16N2O4. The van der Waals surface area contributed by atoms with Crippen LogP contribution in [0.4, 0.5) is 5.69 Å². The summed E-state index contributed by atoms with van der Waals surface area (Å²) in [5.74, 6) is -1.58. The lowest BCUT2D eigenvalue weighted by Crippen LogP contribution is -2.39. The van der Waals surface area contributed by atoms with Crippen molar-refractivity contribution in [3.05, 3.63) is 29.8 Å². The topological polar surface area (TPSA) is 95.5 Å². The summed E-state index contributed by atoms with van der Waals surface area (Å²) in [4.78, 5) is 33.6. The summed E-state index contributed by atoms with van der Waals surface area (Å²) in [7, 11) is 0. The molecule has 0 heterocycles. The molecule has 1 aromatic carbocycles. The number of hydrogen-bond acceptors (Lipinski definition) is 4. The van der Waals surface area contributed by atoms with E-state index in [0.717, 1.165) is 0 Å². The Balaban J connectivity index is 2.63. The van der Waals surface area contributed by atoms with Crippen LogP contribution in [-0.2, 0) is 9.59 Å². The van der Waals surface area contributed by atoms with E-state index >= 15 is 0 Å². The van der Waals surface area contributed by atoms with Gasteiger partial charge in [0.15, 0.2) is 5.78 Å². The normalized spacial score (nSPS) is 11.7. The van der Waals surface area contributed by atoms with E-state index in [1.165, 1.54) is 13.8 Å². The van der Waals surface area contributed by atoms with Crippen molar-refractivity contribution in [1.82, 2.24) is 5.32 Å². The number of amides is 1. The summed E-state index contributed by atoms with van der Waals surface area (Å²) in [5, 5.41) is 13.8. The molecule has 0 spiro atoms. The highest BCUT2D eigenvalue weighted by Gasteiger charge is 2.13. The summed E-state index contributed by atoms with van der Waals surface area (Å²) in [6, 6.07) is 5.83. The Morgan fingerprint density at radius 2 is 1.89 bits per heavy atom. The van der Waals surface area contributed by atoms with Crippen LogP contribution < -0.4 is 10.6 Å². The molecule has 1 atom stereocenters. The van der Waals surface area contributed by atoms with Gasteiger partial charge in [-0.3, -0.25) is 19.7 Å². The Morgan fingerprint density at radius 1 is 1.26 bits per heavy atom. The minimum absolute atomic E-state index is 0.139. The van der Waals surface area contributed by atoms with Crippen LogP contribution in [0.15, 0.2) is 24.3 Å². The standard InChI is InChI=1S/C13H16N2O4/c1-8(13(18)19)14-7-12(17)15-11-6-4-3-5-10(11)9(2)16/h3-6,8,14H,7H2,1-2H3,(H,15,17)(H,18,19). The fourth-order valence-electron chi connectivity index (χ4n) is 1.43. The quantitative estimate of drug-likeness (QED) is 0.663. The van der Waals surface area contributed by atoms with E-state index in [-0.39, 0.29) is 12.3 Å². The van der Waals surface area contributed by atoms with Crippen molar-refractivity contribution >= 4 is 23.3 Å². The third kappa shape index (κ3) is 4.51. The van der Waals surface area contributed by atoms with Gasteiger partial charge < -0.3 is 10.4 Å². The largest absolute Gasteiger partial charge is 0.480 e. The van der Waals surface area contributed by atoms with E-state index in [1.54, 1.807) is 24.3 Å². The molecule has 1 rings (SSSR count). The first-order chi connectivity index (χ1) is 8.91. The number of Topliss-reactive ketones (excluding diaryl/α,β-unsaturated/α-hetero) is 1. The number of carboxylic acids is 1. The molecule has 1 amide bonds. The first-order valence-electron chi connectivity index (χ1n) is 5.78. The second-order valence-corrected chi connectivity index (χ2v) is 4.09. The Morgan fingerprint density at radius 3 is 2.47 bits per heavy atom. The number of carboxylic acid groups (broad SMARTS) is 1. The minimum Gasteiger partial charge on any atom is -0.480 e. The molecule has 6 nitrogen and oxygen atoms in total. The molecule has 0 saturated carbocycles. The maximum Gasteiger partial charge on any atom is 0.320 e. The number of aliphatic carboxylic acids is 1. The van der Waals surface area contributed by atoms with Gasteiger partial charge in [-0.2, -0.15) is 0 Å². The SMILES string of the molecule is CC(=O)c1ccccc1NC(=O)CNC(C)C(=O)O. The average molecular weight is 264 g/mol. The predicted molar refractivity (Wildman–Crippen MR) is 70.2 cm³/mol. The third-order valence-electron chi connectivity index (χ3n) is 2.52. The molecule has 0 radical (unpaired) electrons. The lowest BCUT2D eigenvalue weighted by atomic mass is 10.1. The number of hydrogen-bond donors (Lipinski definition) is 3. The molecule has 1 aromatic rings. The molecule has 19 heavy (non-hydrogen) atoms. The van der Waals surface area contributed by atoms with Gasteiger partial charge in [-0.1, -0.05) is 12.1 Å². The summed E-state index contributed by atoms with van der Waals surface area (Å²) in [6.07, 6.45) is 0. The Labute approximate surface area is 110 Å². The molecule has 0 saturated heterocycles. The van der Waals surface area contributed by atoms with Crippen LogP contribution in [0.25, 0.3) is 0 Å². The van der Waals surface area contributed by atoms with Crippen LogP contribution in [-0.4, -0.2) is 35.4 Å². The second-order valence-electron chi connectivity index (χ2n) is 4.09. The summed E-state index contributed by atoms with van der Waals surface area (Å²) in [6.45, 7) is 2.72.